The number of hydrogen-bond acceptors (Lipinski definition) is 5. The fraction of sp³-hybridized carbons (Fsp3) is 0. The molecule has 0 spiro atoms. The summed E-state index contributed by atoms with van der Waals surface area (Å²) in [6.07, 6.45) is 3.63. The fourth-order valence-corrected chi connectivity index (χ4v) is 2.52. The van der Waals surface area contributed by atoms with Gasteiger partial charge in [0, 0.05) is 12.4 Å². The smallest absolute Gasteiger partial charge is 0.337 e. The standard InChI is InChI=1S/C11H8ClN3O4S/c12-8-3-4-13-6-9(8)15-20(18,19)10-2-1-7(5-14-10)11(16)17/h1-6,15H,(H,16,17). The summed E-state index contributed by atoms with van der Waals surface area (Å²) in [5.74, 6) is -1.19. The van der Waals surface area contributed by atoms with Crippen molar-refractivity contribution in [2.24, 2.45) is 0 Å². The van der Waals surface area contributed by atoms with Gasteiger partial charge in [-0.3, -0.25) is 9.71 Å². The summed E-state index contributed by atoms with van der Waals surface area (Å²) in [7, 11) is -3.96. The Kier molecular flexibility index (Phi) is 3.86. The summed E-state index contributed by atoms with van der Waals surface area (Å²) in [5.41, 5.74) is 0.00152. The van der Waals surface area contributed by atoms with Crippen molar-refractivity contribution in [2.75, 3.05) is 4.72 Å². The van der Waals surface area contributed by atoms with Crippen molar-refractivity contribution in [3.05, 3.63) is 47.4 Å². The van der Waals surface area contributed by atoms with E-state index in [0.717, 1.165) is 18.3 Å². The Hall–Kier alpha value is -2.19. The van der Waals surface area contributed by atoms with E-state index in [1.807, 2.05) is 0 Å². The van der Waals surface area contributed by atoms with Gasteiger partial charge in [0.15, 0.2) is 5.03 Å². The quantitative estimate of drug-likeness (QED) is 0.887. The van der Waals surface area contributed by atoms with Crippen molar-refractivity contribution in [2.45, 2.75) is 5.03 Å². The van der Waals surface area contributed by atoms with Crippen LogP contribution in [-0.2, 0) is 10.0 Å². The summed E-state index contributed by atoms with van der Waals surface area (Å²) in [4.78, 5) is 18.0. The van der Waals surface area contributed by atoms with Gasteiger partial charge in [-0.05, 0) is 18.2 Å². The predicted octanol–water partition coefficient (Wildman–Crippen LogP) is 1.63. The lowest BCUT2D eigenvalue weighted by Gasteiger charge is -2.08. The summed E-state index contributed by atoms with van der Waals surface area (Å²) in [5, 5.41) is 8.59. The van der Waals surface area contributed by atoms with Gasteiger partial charge in [0.25, 0.3) is 10.0 Å². The summed E-state index contributed by atoms with van der Waals surface area (Å²) < 4.78 is 26.3. The number of carboxylic acids is 1. The average molecular weight is 314 g/mol. The van der Waals surface area contributed by atoms with Gasteiger partial charge in [-0.1, -0.05) is 11.6 Å². The lowest BCUT2D eigenvalue weighted by molar-refractivity contribution is 0.0696. The molecule has 0 unspecified atom stereocenters. The SMILES string of the molecule is O=C(O)c1ccc(S(=O)(=O)Nc2cnccc2Cl)nc1. The maximum Gasteiger partial charge on any atom is 0.337 e. The highest BCUT2D eigenvalue weighted by atomic mass is 35.5. The van der Waals surface area contributed by atoms with Crippen LogP contribution in [0.15, 0.2) is 41.8 Å². The number of aromatic nitrogens is 2. The highest BCUT2D eigenvalue weighted by Gasteiger charge is 2.18. The minimum Gasteiger partial charge on any atom is -0.478 e. The molecule has 0 aliphatic carbocycles. The van der Waals surface area contributed by atoms with Crippen LogP contribution in [0.1, 0.15) is 10.4 Å². The Morgan fingerprint density at radius 2 is 2.00 bits per heavy atom. The zero-order valence-corrected chi connectivity index (χ0v) is 11.4. The van der Waals surface area contributed by atoms with E-state index < -0.39 is 16.0 Å². The largest absolute Gasteiger partial charge is 0.478 e. The number of pyridine rings is 2. The third-order valence-electron chi connectivity index (χ3n) is 2.27. The highest BCUT2D eigenvalue weighted by Crippen LogP contribution is 2.22. The molecule has 9 heteroatoms. The van der Waals surface area contributed by atoms with Gasteiger partial charge in [-0.25, -0.2) is 9.78 Å². The number of carbonyl (C=O) groups is 1. The number of nitrogens with zero attached hydrogens (tertiary/aromatic N) is 2. The van der Waals surface area contributed by atoms with Gasteiger partial charge in [-0.15, -0.1) is 0 Å². The number of halogens is 1. The molecular weight excluding hydrogens is 306 g/mol. The Bertz CT molecular complexity index is 747. The monoisotopic (exact) mass is 313 g/mol. The molecule has 104 valence electrons. The molecular formula is C11H8ClN3O4S. The van der Waals surface area contributed by atoms with Gasteiger partial charge in [-0.2, -0.15) is 8.42 Å². The second-order valence-electron chi connectivity index (χ2n) is 3.65. The molecule has 0 aliphatic rings. The zero-order valence-electron chi connectivity index (χ0n) is 9.82. The Balaban J connectivity index is 2.31. The van der Waals surface area contributed by atoms with Crippen molar-refractivity contribution in [1.29, 1.82) is 0 Å². The number of nitrogens with one attached hydrogen (secondary N) is 1. The molecule has 0 saturated carbocycles. The minimum atomic E-state index is -3.96. The molecule has 2 aromatic rings. The van der Waals surface area contributed by atoms with Crippen LogP contribution in [0.25, 0.3) is 0 Å². The highest BCUT2D eigenvalue weighted by molar-refractivity contribution is 7.92. The van der Waals surface area contributed by atoms with Gasteiger partial charge >= 0.3 is 5.97 Å². The van der Waals surface area contributed by atoms with Gasteiger partial charge < -0.3 is 5.11 Å². The van der Waals surface area contributed by atoms with Crippen molar-refractivity contribution < 1.29 is 18.3 Å². The zero-order chi connectivity index (χ0) is 14.8. The second-order valence-corrected chi connectivity index (χ2v) is 5.69. The number of aromatic carboxylic acids is 1. The summed E-state index contributed by atoms with van der Waals surface area (Å²) in [6, 6.07) is 3.67. The molecule has 0 amide bonds. The lowest BCUT2D eigenvalue weighted by atomic mass is 10.3. The van der Waals surface area contributed by atoms with Gasteiger partial charge in [0.2, 0.25) is 0 Å². The van der Waals surface area contributed by atoms with E-state index in [0.29, 0.717) is 0 Å². The van der Waals surface area contributed by atoms with Crippen LogP contribution in [-0.4, -0.2) is 29.5 Å². The van der Waals surface area contributed by atoms with Gasteiger partial charge in [0.1, 0.15) is 0 Å². The molecule has 0 fully saturated rings. The fourth-order valence-electron chi connectivity index (χ4n) is 1.32. The van der Waals surface area contributed by atoms with E-state index in [-0.39, 0.29) is 21.3 Å². The first-order chi connectivity index (χ1) is 9.40. The summed E-state index contributed by atoms with van der Waals surface area (Å²) in [6.45, 7) is 0. The average Bonchev–Trinajstić information content (AvgIpc) is 2.41. The van der Waals surface area contributed by atoms with E-state index in [9.17, 15) is 13.2 Å². The van der Waals surface area contributed by atoms with E-state index in [2.05, 4.69) is 14.7 Å². The topological polar surface area (TPSA) is 109 Å². The van der Waals surface area contributed by atoms with E-state index in [1.165, 1.54) is 18.5 Å². The van der Waals surface area contributed by atoms with Crippen LogP contribution in [0.3, 0.4) is 0 Å². The molecule has 0 saturated heterocycles. The molecule has 0 atom stereocenters. The molecule has 0 bridgehead atoms. The number of rotatable bonds is 4. The molecule has 2 rings (SSSR count). The number of sulfonamides is 1. The van der Waals surface area contributed by atoms with Crippen LogP contribution in [0.2, 0.25) is 5.02 Å². The minimum absolute atomic E-state index is 0.108. The van der Waals surface area contributed by atoms with E-state index in [4.69, 9.17) is 16.7 Å². The first kappa shape index (κ1) is 14.2. The van der Waals surface area contributed by atoms with Crippen molar-refractivity contribution in [1.82, 2.24) is 9.97 Å². The molecule has 2 N–H and O–H groups in total. The first-order valence-corrected chi connectivity index (χ1v) is 7.08. The third kappa shape index (κ3) is 3.03. The Morgan fingerprint density at radius 3 is 2.55 bits per heavy atom. The van der Waals surface area contributed by atoms with Crippen molar-refractivity contribution in [3.63, 3.8) is 0 Å². The van der Waals surface area contributed by atoms with Crippen LogP contribution >= 0.6 is 11.6 Å². The number of hydrogen-bond donors (Lipinski definition) is 2. The lowest BCUT2D eigenvalue weighted by Crippen LogP contribution is -2.15. The normalized spacial score (nSPS) is 11.1. The third-order valence-corrected chi connectivity index (χ3v) is 3.88. The van der Waals surface area contributed by atoms with Crippen molar-refractivity contribution in [3.8, 4) is 0 Å². The predicted molar refractivity (Wildman–Crippen MR) is 71.3 cm³/mol. The molecule has 7 nitrogen and oxygen atoms in total. The maximum absolute atomic E-state index is 12.0. The molecule has 2 heterocycles. The van der Waals surface area contributed by atoms with Crippen molar-refractivity contribution >= 4 is 33.3 Å². The molecule has 2 aromatic heterocycles. The summed E-state index contributed by atoms with van der Waals surface area (Å²) >= 11 is 5.82. The van der Waals surface area contributed by atoms with Gasteiger partial charge in [0.05, 0.1) is 22.5 Å². The molecule has 20 heavy (non-hydrogen) atoms. The van der Waals surface area contributed by atoms with Crippen LogP contribution in [0.4, 0.5) is 5.69 Å². The Morgan fingerprint density at radius 1 is 1.25 bits per heavy atom. The molecule has 0 radical (unpaired) electrons. The van der Waals surface area contributed by atoms with E-state index in [1.54, 1.807) is 0 Å². The van der Waals surface area contributed by atoms with Crippen LogP contribution < -0.4 is 4.72 Å². The molecule has 0 aromatic carbocycles. The van der Waals surface area contributed by atoms with Crippen LogP contribution in [0, 0.1) is 0 Å². The van der Waals surface area contributed by atoms with Crippen LogP contribution in [0.5, 0.6) is 0 Å². The maximum atomic E-state index is 12.0. The Labute approximate surface area is 119 Å². The first-order valence-electron chi connectivity index (χ1n) is 5.22. The van der Waals surface area contributed by atoms with E-state index >= 15 is 0 Å². The number of carboxylic acid groups (broad SMARTS) is 1. The number of anilines is 1. The second kappa shape index (κ2) is 5.43. The molecule has 0 aliphatic heterocycles.